The number of piperidine rings is 1. The fourth-order valence-electron chi connectivity index (χ4n) is 3.59. The van der Waals surface area contributed by atoms with Gasteiger partial charge >= 0.3 is 6.18 Å². The Labute approximate surface area is 177 Å². The van der Waals surface area contributed by atoms with Crippen molar-refractivity contribution in [2.75, 3.05) is 20.1 Å². The number of carbonyl (C=O) groups is 1. The molecule has 0 aromatic heterocycles. The van der Waals surface area contributed by atoms with Crippen molar-refractivity contribution in [3.05, 3.63) is 70.0 Å². The molecule has 2 aromatic rings. The molecule has 29 heavy (non-hydrogen) atoms. The summed E-state index contributed by atoms with van der Waals surface area (Å²) in [6.07, 6.45) is -4.22. The molecule has 3 rings (SSSR count). The quantitative estimate of drug-likeness (QED) is 0.656. The summed E-state index contributed by atoms with van der Waals surface area (Å²) in [5.74, 6) is -2.01. The van der Waals surface area contributed by atoms with Crippen LogP contribution in [0.5, 0.6) is 0 Å². The van der Waals surface area contributed by atoms with E-state index in [1.807, 2.05) is 12.1 Å². The molecule has 9 heteroatoms. The molecule has 1 aliphatic rings. The van der Waals surface area contributed by atoms with Gasteiger partial charge in [0.1, 0.15) is 5.82 Å². The van der Waals surface area contributed by atoms with Gasteiger partial charge in [0.25, 0.3) is 5.91 Å². The van der Waals surface area contributed by atoms with Crippen molar-refractivity contribution < 1.29 is 22.4 Å². The standard InChI is InChI=1S/C20H19ClF4N2O.ClH/c1-27(19(28)13-4-7-17(22)16(10-13)20(23,24)25)18-8-9-26-11-15(18)12-2-5-14(21)6-3-12;/h2-7,10,15,18,26H,8-9,11H2,1H3;1H. The molecular formula is C20H20Cl2F4N2O. The number of amides is 1. The number of rotatable bonds is 3. The molecular weight excluding hydrogens is 431 g/mol. The second-order valence-corrected chi connectivity index (χ2v) is 7.26. The maximum atomic E-state index is 13.5. The molecule has 2 unspecified atom stereocenters. The molecule has 158 valence electrons. The number of likely N-dealkylation sites (N-methyl/N-ethyl adjacent to an activating group) is 1. The molecule has 2 atom stereocenters. The maximum Gasteiger partial charge on any atom is 0.419 e. The van der Waals surface area contributed by atoms with Crippen LogP contribution < -0.4 is 5.32 Å². The van der Waals surface area contributed by atoms with Gasteiger partial charge < -0.3 is 10.2 Å². The van der Waals surface area contributed by atoms with Crippen LogP contribution in [0.4, 0.5) is 17.6 Å². The number of alkyl halides is 3. The van der Waals surface area contributed by atoms with Crippen LogP contribution in [-0.2, 0) is 6.18 Å². The van der Waals surface area contributed by atoms with Crippen molar-refractivity contribution in [1.29, 1.82) is 0 Å². The number of carbonyl (C=O) groups excluding carboxylic acids is 1. The van der Waals surface area contributed by atoms with Crippen LogP contribution in [0.2, 0.25) is 5.02 Å². The summed E-state index contributed by atoms with van der Waals surface area (Å²) in [6, 6.07) is 9.42. The number of hydrogen-bond acceptors (Lipinski definition) is 2. The summed E-state index contributed by atoms with van der Waals surface area (Å²) in [5, 5.41) is 3.88. The predicted molar refractivity (Wildman–Crippen MR) is 106 cm³/mol. The smallest absolute Gasteiger partial charge is 0.338 e. The first-order valence-corrected chi connectivity index (χ1v) is 9.16. The number of benzene rings is 2. The largest absolute Gasteiger partial charge is 0.419 e. The first-order chi connectivity index (χ1) is 13.2. The van der Waals surface area contributed by atoms with E-state index >= 15 is 0 Å². The summed E-state index contributed by atoms with van der Waals surface area (Å²) in [6.45, 7) is 1.31. The summed E-state index contributed by atoms with van der Waals surface area (Å²) in [4.78, 5) is 14.3. The Morgan fingerprint density at radius 1 is 1.17 bits per heavy atom. The lowest BCUT2D eigenvalue weighted by Gasteiger charge is -2.39. The average molecular weight is 451 g/mol. The fourth-order valence-corrected chi connectivity index (χ4v) is 3.71. The van der Waals surface area contributed by atoms with E-state index in [4.69, 9.17) is 11.6 Å². The topological polar surface area (TPSA) is 32.3 Å². The Kier molecular flexibility index (Phi) is 7.54. The van der Waals surface area contributed by atoms with E-state index in [1.54, 1.807) is 19.2 Å². The van der Waals surface area contributed by atoms with Gasteiger partial charge in [-0.05, 0) is 48.9 Å². The highest BCUT2D eigenvalue weighted by Gasteiger charge is 2.36. The first kappa shape index (κ1) is 23.4. The summed E-state index contributed by atoms with van der Waals surface area (Å²) < 4.78 is 52.5. The second kappa shape index (κ2) is 9.32. The van der Waals surface area contributed by atoms with Crippen LogP contribution in [-0.4, -0.2) is 37.0 Å². The lowest BCUT2D eigenvalue weighted by molar-refractivity contribution is -0.140. The molecule has 0 radical (unpaired) electrons. The Morgan fingerprint density at radius 3 is 2.45 bits per heavy atom. The lowest BCUT2D eigenvalue weighted by Crippen LogP contribution is -2.49. The van der Waals surface area contributed by atoms with Gasteiger partial charge in [-0.2, -0.15) is 13.2 Å². The minimum Gasteiger partial charge on any atom is -0.338 e. The number of hydrogen-bond donors (Lipinski definition) is 1. The van der Waals surface area contributed by atoms with Crippen LogP contribution >= 0.6 is 24.0 Å². The molecule has 1 fully saturated rings. The predicted octanol–water partition coefficient (Wildman–Crippen LogP) is 5.14. The molecule has 1 saturated heterocycles. The number of nitrogens with one attached hydrogen (secondary N) is 1. The van der Waals surface area contributed by atoms with Crippen molar-refractivity contribution in [3.63, 3.8) is 0 Å². The molecule has 0 spiro atoms. The Morgan fingerprint density at radius 2 is 1.83 bits per heavy atom. The van der Waals surface area contributed by atoms with E-state index in [9.17, 15) is 22.4 Å². The zero-order valence-electron chi connectivity index (χ0n) is 15.5. The third kappa shape index (κ3) is 5.21. The van der Waals surface area contributed by atoms with Gasteiger partial charge in [-0.1, -0.05) is 23.7 Å². The average Bonchev–Trinajstić information content (AvgIpc) is 2.67. The van der Waals surface area contributed by atoms with E-state index in [1.165, 1.54) is 4.90 Å². The molecule has 1 N–H and O–H groups in total. The third-order valence-electron chi connectivity index (χ3n) is 5.08. The zero-order chi connectivity index (χ0) is 20.5. The molecule has 2 aromatic carbocycles. The van der Waals surface area contributed by atoms with Gasteiger partial charge in [0.05, 0.1) is 5.56 Å². The fraction of sp³-hybridized carbons (Fsp3) is 0.350. The summed E-state index contributed by atoms with van der Waals surface area (Å²) >= 11 is 5.94. The maximum absolute atomic E-state index is 13.5. The van der Waals surface area contributed by atoms with E-state index in [0.29, 0.717) is 36.7 Å². The molecule has 0 aliphatic carbocycles. The molecule has 1 amide bonds. The summed E-state index contributed by atoms with van der Waals surface area (Å²) in [5.41, 5.74) is -0.646. The van der Waals surface area contributed by atoms with Crippen molar-refractivity contribution in [2.45, 2.75) is 24.6 Å². The number of nitrogens with zero attached hydrogens (tertiary/aromatic N) is 1. The van der Waals surface area contributed by atoms with Crippen LogP contribution in [0.25, 0.3) is 0 Å². The minimum absolute atomic E-state index is 0. The van der Waals surface area contributed by atoms with Gasteiger partial charge in [-0.3, -0.25) is 4.79 Å². The van der Waals surface area contributed by atoms with Gasteiger partial charge in [-0.25, -0.2) is 4.39 Å². The Balaban J connectivity index is 0.00000300. The molecule has 3 nitrogen and oxygen atoms in total. The highest BCUT2D eigenvalue weighted by Crippen LogP contribution is 2.33. The number of halogens is 6. The molecule has 1 aliphatic heterocycles. The van der Waals surface area contributed by atoms with Crippen molar-refractivity contribution >= 4 is 29.9 Å². The van der Waals surface area contributed by atoms with E-state index < -0.39 is 23.5 Å². The highest BCUT2D eigenvalue weighted by atomic mass is 35.5. The van der Waals surface area contributed by atoms with Gasteiger partial charge in [0.15, 0.2) is 0 Å². The van der Waals surface area contributed by atoms with Crippen LogP contribution in [0.15, 0.2) is 42.5 Å². The van der Waals surface area contributed by atoms with Crippen LogP contribution in [0.1, 0.15) is 33.8 Å². The summed E-state index contributed by atoms with van der Waals surface area (Å²) in [7, 11) is 1.57. The zero-order valence-corrected chi connectivity index (χ0v) is 17.0. The second-order valence-electron chi connectivity index (χ2n) is 6.83. The monoisotopic (exact) mass is 450 g/mol. The van der Waals surface area contributed by atoms with Gasteiger partial charge in [0, 0.05) is 36.1 Å². The third-order valence-corrected chi connectivity index (χ3v) is 5.33. The normalized spacial score (nSPS) is 19.4. The SMILES string of the molecule is CN(C(=O)c1ccc(F)c(C(F)(F)F)c1)C1CCNCC1c1ccc(Cl)cc1.Cl. The first-order valence-electron chi connectivity index (χ1n) is 8.78. The van der Waals surface area contributed by atoms with E-state index in [0.717, 1.165) is 11.6 Å². The van der Waals surface area contributed by atoms with E-state index in [-0.39, 0.29) is 29.9 Å². The highest BCUT2D eigenvalue weighted by molar-refractivity contribution is 6.30. The van der Waals surface area contributed by atoms with Crippen LogP contribution in [0, 0.1) is 5.82 Å². The Bertz CT molecular complexity index is 859. The molecule has 1 heterocycles. The van der Waals surface area contributed by atoms with Crippen molar-refractivity contribution in [1.82, 2.24) is 10.2 Å². The van der Waals surface area contributed by atoms with E-state index in [2.05, 4.69) is 5.32 Å². The molecule has 0 saturated carbocycles. The lowest BCUT2D eigenvalue weighted by atomic mass is 9.85. The van der Waals surface area contributed by atoms with Gasteiger partial charge in [-0.15, -0.1) is 12.4 Å². The van der Waals surface area contributed by atoms with Crippen molar-refractivity contribution in [2.24, 2.45) is 0 Å². The van der Waals surface area contributed by atoms with Crippen molar-refractivity contribution in [3.8, 4) is 0 Å². The Hall–Kier alpha value is -1.83. The van der Waals surface area contributed by atoms with Crippen LogP contribution in [0.3, 0.4) is 0 Å². The molecule has 0 bridgehead atoms. The van der Waals surface area contributed by atoms with Gasteiger partial charge in [0.2, 0.25) is 0 Å². The minimum atomic E-state index is -4.86.